The monoisotopic (exact) mass is 809 g/mol. The number of para-hydroxylation sites is 1. The maximum Gasteiger partial charge on any atom is 0.407 e. The van der Waals surface area contributed by atoms with Gasteiger partial charge in [-0.25, -0.2) is 14.6 Å². The number of pyridine rings is 1. The lowest BCUT2D eigenvalue weighted by Crippen LogP contribution is -2.60. The van der Waals surface area contributed by atoms with E-state index in [1.54, 1.807) is 40.2 Å². The molecule has 1 aliphatic heterocycles. The summed E-state index contributed by atoms with van der Waals surface area (Å²) in [5.74, 6) is -0.427. The van der Waals surface area contributed by atoms with Gasteiger partial charge < -0.3 is 35.0 Å². The van der Waals surface area contributed by atoms with Crippen LogP contribution in [0, 0.1) is 11.3 Å². The van der Waals surface area contributed by atoms with Crippen LogP contribution in [0.15, 0.2) is 91.1 Å². The van der Waals surface area contributed by atoms with E-state index in [4.69, 9.17) is 9.47 Å². The Balaban J connectivity index is 1.40. The number of nitrogens with one attached hydrogen (secondary N) is 3. The molecule has 0 spiro atoms. The summed E-state index contributed by atoms with van der Waals surface area (Å²) in [5.41, 5.74) is 5.67. The first-order chi connectivity index (χ1) is 28.2. The van der Waals surface area contributed by atoms with E-state index in [-0.39, 0.29) is 37.4 Å². The Labute approximate surface area is 347 Å². The molecule has 1 aromatic heterocycles. The largest absolute Gasteiger partial charge is 0.497 e. The third-order valence-electron chi connectivity index (χ3n) is 10.9. The summed E-state index contributed by atoms with van der Waals surface area (Å²) in [6.45, 7) is 10.6. The van der Waals surface area contributed by atoms with Crippen LogP contribution in [0.4, 0.5) is 9.59 Å². The molecule has 0 bridgehead atoms. The van der Waals surface area contributed by atoms with E-state index in [2.05, 4.69) is 21.0 Å². The summed E-state index contributed by atoms with van der Waals surface area (Å²) in [4.78, 5) is 62.8. The van der Waals surface area contributed by atoms with Crippen molar-refractivity contribution in [1.82, 2.24) is 35.9 Å². The third kappa shape index (κ3) is 11.7. The minimum atomic E-state index is -1.21. The van der Waals surface area contributed by atoms with E-state index >= 15 is 0 Å². The maximum absolute atomic E-state index is 14.6. The van der Waals surface area contributed by atoms with Crippen molar-refractivity contribution in [2.24, 2.45) is 11.3 Å². The van der Waals surface area contributed by atoms with Gasteiger partial charge in [0, 0.05) is 44.3 Å². The van der Waals surface area contributed by atoms with Gasteiger partial charge in [-0.3, -0.25) is 20.0 Å². The van der Waals surface area contributed by atoms with Gasteiger partial charge in [0.2, 0.25) is 5.91 Å². The number of carbonyl (C=O) groups is 4. The summed E-state index contributed by atoms with van der Waals surface area (Å²) >= 11 is 0. The normalized spacial score (nSPS) is 15.6. The summed E-state index contributed by atoms with van der Waals surface area (Å²) in [7, 11) is 2.80. The van der Waals surface area contributed by atoms with Gasteiger partial charge >= 0.3 is 12.1 Å². The molecule has 1 saturated heterocycles. The number of hydrogen-bond acceptors (Lipinski definition) is 9. The van der Waals surface area contributed by atoms with Gasteiger partial charge in [0.25, 0.3) is 5.91 Å². The number of alkyl carbamates (subject to hydrolysis) is 1. The Morgan fingerprint density at radius 3 is 2.27 bits per heavy atom. The average Bonchev–Trinajstić information content (AvgIpc) is 3.57. The van der Waals surface area contributed by atoms with Crippen LogP contribution in [0.1, 0.15) is 57.7 Å². The van der Waals surface area contributed by atoms with Crippen molar-refractivity contribution in [3.8, 4) is 5.75 Å². The lowest BCUT2D eigenvalue weighted by Gasteiger charge is -2.36. The fraction of sp³-hybridized carbons (Fsp3) is 0.444. The molecule has 0 aliphatic carbocycles. The number of hydrazine groups is 1. The molecule has 5 atom stereocenters. The first-order valence-electron chi connectivity index (χ1n) is 20.2. The molecule has 59 heavy (non-hydrogen) atoms. The predicted octanol–water partition coefficient (Wildman–Crippen LogP) is 5.29. The molecular weight excluding hydrogens is 751 g/mol. The predicted molar refractivity (Wildman–Crippen MR) is 226 cm³/mol. The number of amides is 5. The summed E-state index contributed by atoms with van der Waals surface area (Å²) in [6.07, 6.45) is 0.686. The van der Waals surface area contributed by atoms with Crippen LogP contribution in [-0.2, 0) is 33.8 Å². The Bertz CT molecular complexity index is 2020. The van der Waals surface area contributed by atoms with Gasteiger partial charge in [-0.05, 0) is 52.6 Å². The van der Waals surface area contributed by atoms with E-state index in [0.29, 0.717) is 31.8 Å². The number of urea groups is 1. The number of ether oxygens (including phenoxy) is 2. The molecule has 5 unspecified atom stereocenters. The third-order valence-corrected chi connectivity index (χ3v) is 10.9. The van der Waals surface area contributed by atoms with Crippen molar-refractivity contribution in [3.05, 3.63) is 108 Å². The fourth-order valence-electron chi connectivity index (χ4n) is 7.38. The highest BCUT2D eigenvalue weighted by atomic mass is 16.5. The second-order valence-electron chi connectivity index (χ2n) is 16.2. The number of nitrogens with zero attached hydrogens (tertiary/aromatic N) is 4. The lowest BCUT2D eigenvalue weighted by atomic mass is 9.86. The van der Waals surface area contributed by atoms with Crippen LogP contribution >= 0.6 is 0 Å². The van der Waals surface area contributed by atoms with Gasteiger partial charge in [-0.2, -0.15) is 0 Å². The fourth-order valence-corrected chi connectivity index (χ4v) is 7.38. The Morgan fingerprint density at radius 2 is 1.61 bits per heavy atom. The molecule has 0 radical (unpaired) electrons. The quantitative estimate of drug-likeness (QED) is 0.0979. The zero-order valence-corrected chi connectivity index (χ0v) is 35.2. The van der Waals surface area contributed by atoms with Crippen molar-refractivity contribution < 1.29 is 33.8 Å². The molecule has 5 amide bonds. The lowest BCUT2D eigenvalue weighted by molar-refractivity contribution is -0.132. The Morgan fingerprint density at radius 1 is 0.898 bits per heavy atom. The molecule has 1 aliphatic rings. The van der Waals surface area contributed by atoms with Crippen LogP contribution in [0.3, 0.4) is 0 Å². The highest BCUT2D eigenvalue weighted by molar-refractivity contribution is 5.89. The minimum Gasteiger partial charge on any atom is -0.497 e. The molecule has 0 saturated carbocycles. The zero-order valence-electron chi connectivity index (χ0n) is 35.2. The molecular formula is C45H59N7O7. The Hall–Kier alpha value is -5.73. The first-order valence-corrected chi connectivity index (χ1v) is 20.2. The number of aromatic nitrogens is 1. The minimum absolute atomic E-state index is 0.103. The summed E-state index contributed by atoms with van der Waals surface area (Å²) < 4.78 is 10.1. The van der Waals surface area contributed by atoms with Crippen LogP contribution in [0.25, 0.3) is 10.9 Å². The van der Waals surface area contributed by atoms with Crippen LogP contribution in [0.2, 0.25) is 0 Å². The maximum atomic E-state index is 14.6. The van der Waals surface area contributed by atoms with E-state index in [0.717, 1.165) is 27.6 Å². The molecule has 316 valence electrons. The number of benzene rings is 3. The first kappa shape index (κ1) is 44.4. The molecule has 4 aromatic rings. The standard InChI is InChI=1S/C45H59N7O7/c1-8-30(2)39(52-25-24-50(44(52)57)28-34-17-12-16-33-18-13-23-46-38(33)34)41(54)47-36(26-31-14-10-9-11-15-31)37(53)29-51(27-32-19-21-35(58-6)22-20-32)49-42(55)40(45(3,4)5)48-43(56)59-7/h9-23,30,36-37,39-40,53H,8,24-29H2,1-7H3,(H,47,54)(H,48,56)(H,49,55). The van der Waals surface area contributed by atoms with Crippen LogP contribution in [0.5, 0.6) is 5.75 Å². The molecule has 3 aromatic carbocycles. The number of methoxy groups -OCH3 is 2. The second-order valence-corrected chi connectivity index (χ2v) is 16.2. The highest BCUT2D eigenvalue weighted by Crippen LogP contribution is 2.26. The zero-order chi connectivity index (χ0) is 42.7. The number of aliphatic hydroxyl groups is 1. The summed E-state index contributed by atoms with van der Waals surface area (Å²) in [6, 6.07) is 23.8. The van der Waals surface area contributed by atoms with Gasteiger partial charge in [0.15, 0.2) is 0 Å². The molecule has 1 fully saturated rings. The van der Waals surface area contributed by atoms with Crippen LogP contribution < -0.4 is 20.8 Å². The van der Waals surface area contributed by atoms with Crippen molar-refractivity contribution in [1.29, 1.82) is 0 Å². The van der Waals surface area contributed by atoms with Gasteiger partial charge in [0.1, 0.15) is 17.8 Å². The average molecular weight is 810 g/mol. The smallest absolute Gasteiger partial charge is 0.407 e. The molecule has 5 rings (SSSR count). The number of hydrogen-bond donors (Lipinski definition) is 4. The van der Waals surface area contributed by atoms with Crippen molar-refractivity contribution in [2.75, 3.05) is 33.9 Å². The van der Waals surface area contributed by atoms with E-state index in [9.17, 15) is 24.3 Å². The number of fused-ring (bicyclic) bond motifs is 1. The van der Waals surface area contributed by atoms with E-state index in [1.807, 2.05) is 107 Å². The van der Waals surface area contributed by atoms with Crippen molar-refractivity contribution in [3.63, 3.8) is 0 Å². The molecule has 14 nitrogen and oxygen atoms in total. The van der Waals surface area contributed by atoms with Gasteiger partial charge in [-0.1, -0.05) is 108 Å². The van der Waals surface area contributed by atoms with Gasteiger partial charge in [-0.15, -0.1) is 0 Å². The van der Waals surface area contributed by atoms with E-state index < -0.39 is 41.6 Å². The van der Waals surface area contributed by atoms with Crippen molar-refractivity contribution in [2.45, 2.75) is 84.8 Å². The van der Waals surface area contributed by atoms with E-state index in [1.165, 1.54) is 7.11 Å². The van der Waals surface area contributed by atoms with Crippen molar-refractivity contribution >= 4 is 34.8 Å². The molecule has 2 heterocycles. The highest BCUT2D eigenvalue weighted by Gasteiger charge is 2.41. The number of carbonyl (C=O) groups excluding carboxylic acids is 4. The second kappa shape index (κ2) is 20.3. The number of rotatable bonds is 18. The number of aliphatic hydroxyl groups excluding tert-OH is 1. The topological polar surface area (TPSA) is 166 Å². The molecule has 14 heteroatoms. The summed E-state index contributed by atoms with van der Waals surface area (Å²) in [5, 5.41) is 20.5. The van der Waals surface area contributed by atoms with Crippen LogP contribution in [-0.4, -0.2) is 107 Å². The molecule has 4 N–H and O–H groups in total. The van der Waals surface area contributed by atoms with Gasteiger partial charge in [0.05, 0.1) is 31.9 Å². The SMILES string of the molecule is CCC(C)C(C(=O)NC(Cc1ccccc1)C(O)CN(Cc1ccc(OC)cc1)NC(=O)C(NC(=O)OC)C(C)(C)C)N1CCN(Cc2cccc3cccnc23)C1=O. The Kier molecular flexibility index (Phi) is 15.3.